The van der Waals surface area contributed by atoms with E-state index in [1.165, 1.54) is 17.7 Å². The summed E-state index contributed by atoms with van der Waals surface area (Å²) >= 11 is 0. The van der Waals surface area contributed by atoms with Crippen molar-refractivity contribution in [2.45, 2.75) is 50.8 Å². The number of hydrogen-bond acceptors (Lipinski definition) is 4. The van der Waals surface area contributed by atoms with E-state index in [9.17, 15) is 18.0 Å². The molecular formula is C26H33N3O4S. The lowest BCUT2D eigenvalue weighted by Crippen LogP contribution is -2.51. The largest absolute Gasteiger partial charge is 0.339 e. The fraction of sp³-hybridized carbons (Fsp3) is 0.462. The second-order valence-electron chi connectivity index (χ2n) is 9.27. The topological polar surface area (TPSA) is 86.8 Å². The highest BCUT2D eigenvalue weighted by atomic mass is 32.2. The normalized spacial score (nSPS) is 16.4. The third-order valence-corrected chi connectivity index (χ3v) is 7.96. The first-order valence-corrected chi connectivity index (χ1v) is 13.6. The van der Waals surface area contributed by atoms with Crippen molar-refractivity contribution in [3.8, 4) is 0 Å². The van der Waals surface area contributed by atoms with E-state index in [0.29, 0.717) is 37.4 Å². The van der Waals surface area contributed by atoms with Crippen LogP contribution in [0.4, 0.5) is 5.69 Å². The van der Waals surface area contributed by atoms with Gasteiger partial charge in [0, 0.05) is 43.3 Å². The van der Waals surface area contributed by atoms with Gasteiger partial charge in [-0.05, 0) is 68.0 Å². The third-order valence-electron chi connectivity index (χ3n) is 6.58. The van der Waals surface area contributed by atoms with Crippen LogP contribution in [0.2, 0.25) is 0 Å². The average molecular weight is 484 g/mol. The average Bonchev–Trinajstić information content (AvgIpc) is 3.68. The first-order chi connectivity index (χ1) is 16.3. The summed E-state index contributed by atoms with van der Waals surface area (Å²) in [5, 5.41) is 0. The van der Waals surface area contributed by atoms with Crippen LogP contribution in [0, 0.1) is 12.8 Å². The molecule has 1 saturated carbocycles. The highest BCUT2D eigenvalue weighted by Crippen LogP contribution is 2.31. The Bertz CT molecular complexity index is 1150. The number of piperazine rings is 1. The molecule has 0 unspecified atom stereocenters. The maximum atomic E-state index is 13.2. The zero-order valence-electron chi connectivity index (χ0n) is 19.9. The molecular weight excluding hydrogens is 450 g/mol. The van der Waals surface area contributed by atoms with Crippen molar-refractivity contribution in [3.05, 3.63) is 59.2 Å². The SMILES string of the molecule is CCCCc1ccc(NS(=O)(=O)c2ccc(C)c(C(=O)N3CCN(C(=O)C4CC4)CC3)c2)cc1. The lowest BCUT2D eigenvalue weighted by atomic mass is 10.1. The van der Waals surface area contributed by atoms with Crippen molar-refractivity contribution in [2.24, 2.45) is 5.92 Å². The highest BCUT2D eigenvalue weighted by Gasteiger charge is 2.35. The van der Waals surface area contributed by atoms with E-state index in [1.807, 2.05) is 17.0 Å². The maximum absolute atomic E-state index is 13.2. The molecule has 0 aromatic heterocycles. The zero-order valence-corrected chi connectivity index (χ0v) is 20.7. The monoisotopic (exact) mass is 483 g/mol. The van der Waals surface area contributed by atoms with Crippen molar-refractivity contribution in [1.82, 2.24) is 9.80 Å². The highest BCUT2D eigenvalue weighted by molar-refractivity contribution is 7.92. The fourth-order valence-corrected chi connectivity index (χ4v) is 5.31. The summed E-state index contributed by atoms with van der Waals surface area (Å²) in [6, 6.07) is 12.1. The van der Waals surface area contributed by atoms with Gasteiger partial charge in [0.15, 0.2) is 0 Å². The minimum atomic E-state index is -3.84. The number of anilines is 1. The number of amides is 2. The lowest BCUT2D eigenvalue weighted by molar-refractivity contribution is -0.134. The van der Waals surface area contributed by atoms with Gasteiger partial charge in [-0.15, -0.1) is 0 Å². The molecule has 4 rings (SSSR count). The number of unbranched alkanes of at least 4 members (excludes halogenated alkanes) is 1. The standard InChI is InChI=1S/C26H33N3O4S/c1-3-4-5-20-7-11-22(12-8-20)27-34(32,33)23-13-6-19(2)24(18-23)26(31)29-16-14-28(15-17-29)25(30)21-9-10-21/h6-8,11-13,18,21,27H,3-5,9-10,14-17H2,1-2H3. The van der Waals surface area contributed by atoms with Gasteiger partial charge < -0.3 is 9.80 Å². The quantitative estimate of drug-likeness (QED) is 0.618. The molecule has 7 nitrogen and oxygen atoms in total. The maximum Gasteiger partial charge on any atom is 0.261 e. The van der Waals surface area contributed by atoms with Gasteiger partial charge in [-0.1, -0.05) is 31.5 Å². The number of nitrogens with one attached hydrogen (secondary N) is 1. The van der Waals surface area contributed by atoms with Crippen molar-refractivity contribution in [3.63, 3.8) is 0 Å². The van der Waals surface area contributed by atoms with Gasteiger partial charge in [-0.25, -0.2) is 8.42 Å². The fourth-order valence-electron chi connectivity index (χ4n) is 4.22. The number of hydrogen-bond donors (Lipinski definition) is 1. The van der Waals surface area contributed by atoms with Gasteiger partial charge in [-0.3, -0.25) is 14.3 Å². The smallest absolute Gasteiger partial charge is 0.261 e. The molecule has 2 amide bonds. The predicted octanol–water partition coefficient (Wildman–Crippen LogP) is 3.83. The summed E-state index contributed by atoms with van der Waals surface area (Å²) in [6.45, 7) is 5.90. The molecule has 0 spiro atoms. The number of carbonyl (C=O) groups excluding carboxylic acids is 2. The summed E-state index contributed by atoms with van der Waals surface area (Å²) in [4.78, 5) is 29.1. The van der Waals surface area contributed by atoms with Crippen LogP contribution < -0.4 is 4.72 Å². The second kappa shape index (κ2) is 10.2. The van der Waals surface area contributed by atoms with Crippen molar-refractivity contribution in [2.75, 3.05) is 30.9 Å². The third kappa shape index (κ3) is 5.60. The molecule has 34 heavy (non-hydrogen) atoms. The Morgan fingerprint density at radius 1 is 0.971 bits per heavy atom. The molecule has 1 aliphatic carbocycles. The second-order valence-corrected chi connectivity index (χ2v) is 11.0. The molecule has 2 aliphatic rings. The van der Waals surface area contributed by atoms with E-state index < -0.39 is 10.0 Å². The number of aryl methyl sites for hydroxylation is 2. The molecule has 1 aliphatic heterocycles. The van der Waals surface area contributed by atoms with Crippen molar-refractivity contribution >= 4 is 27.5 Å². The molecule has 2 fully saturated rings. The van der Waals surface area contributed by atoms with E-state index >= 15 is 0 Å². The van der Waals surface area contributed by atoms with Gasteiger partial charge in [0.1, 0.15) is 0 Å². The number of rotatable bonds is 8. The molecule has 1 heterocycles. The first kappa shape index (κ1) is 24.3. The Labute approximate surface area is 202 Å². The summed E-state index contributed by atoms with van der Waals surface area (Å²) in [7, 11) is -3.84. The van der Waals surface area contributed by atoms with Crippen molar-refractivity contribution < 1.29 is 18.0 Å². The van der Waals surface area contributed by atoms with Crippen LogP contribution in [0.3, 0.4) is 0 Å². The van der Waals surface area contributed by atoms with Crippen LogP contribution >= 0.6 is 0 Å². The van der Waals surface area contributed by atoms with E-state index in [2.05, 4.69) is 11.6 Å². The summed E-state index contributed by atoms with van der Waals surface area (Å²) in [5.74, 6) is 0.167. The molecule has 1 N–H and O–H groups in total. The van der Waals surface area contributed by atoms with Crippen LogP contribution in [-0.2, 0) is 21.2 Å². The molecule has 2 aromatic rings. The minimum absolute atomic E-state index is 0.0547. The van der Waals surface area contributed by atoms with Gasteiger partial charge >= 0.3 is 0 Å². The summed E-state index contributed by atoms with van der Waals surface area (Å²) in [5.41, 5.74) is 2.76. The van der Waals surface area contributed by atoms with Crippen LogP contribution in [0.5, 0.6) is 0 Å². The molecule has 182 valence electrons. The predicted molar refractivity (Wildman–Crippen MR) is 132 cm³/mol. The van der Waals surface area contributed by atoms with Gasteiger partial charge in [-0.2, -0.15) is 0 Å². The van der Waals surface area contributed by atoms with Gasteiger partial charge in [0.2, 0.25) is 5.91 Å². The van der Waals surface area contributed by atoms with Gasteiger partial charge in [0.05, 0.1) is 4.90 Å². The van der Waals surface area contributed by atoms with E-state index in [-0.39, 0.29) is 22.6 Å². The Morgan fingerprint density at radius 2 is 1.62 bits per heavy atom. The number of carbonyl (C=O) groups is 2. The number of benzene rings is 2. The molecule has 1 saturated heterocycles. The molecule has 2 aromatic carbocycles. The van der Waals surface area contributed by atoms with E-state index in [4.69, 9.17) is 0 Å². The Morgan fingerprint density at radius 3 is 2.24 bits per heavy atom. The number of sulfonamides is 1. The Hall–Kier alpha value is -2.87. The Balaban J connectivity index is 1.44. The van der Waals surface area contributed by atoms with Crippen molar-refractivity contribution in [1.29, 1.82) is 0 Å². The van der Waals surface area contributed by atoms with Crippen LogP contribution in [0.1, 0.15) is 54.1 Å². The first-order valence-electron chi connectivity index (χ1n) is 12.1. The molecule has 8 heteroatoms. The molecule has 0 atom stereocenters. The van der Waals surface area contributed by atoms with E-state index in [0.717, 1.165) is 37.7 Å². The molecule has 0 bridgehead atoms. The van der Waals surface area contributed by atoms with Crippen LogP contribution in [0.15, 0.2) is 47.4 Å². The lowest BCUT2D eigenvalue weighted by Gasteiger charge is -2.35. The van der Waals surface area contributed by atoms with Crippen LogP contribution in [0.25, 0.3) is 0 Å². The summed E-state index contributed by atoms with van der Waals surface area (Å²) in [6.07, 6.45) is 5.11. The minimum Gasteiger partial charge on any atom is -0.339 e. The zero-order chi connectivity index (χ0) is 24.3. The van der Waals surface area contributed by atoms with Gasteiger partial charge in [0.25, 0.3) is 15.9 Å². The summed E-state index contributed by atoms with van der Waals surface area (Å²) < 4.78 is 28.7. The Kier molecular flexibility index (Phi) is 7.26. The van der Waals surface area contributed by atoms with Crippen LogP contribution in [-0.4, -0.2) is 56.2 Å². The molecule has 0 radical (unpaired) electrons. The number of nitrogens with zero attached hydrogens (tertiary/aromatic N) is 2. The van der Waals surface area contributed by atoms with E-state index in [1.54, 1.807) is 30.0 Å².